The molecule has 0 saturated carbocycles. The van der Waals surface area contributed by atoms with Crippen molar-refractivity contribution in [2.75, 3.05) is 6.54 Å². The Hall–Kier alpha value is -1.23. The molecule has 5 heteroatoms. The van der Waals surface area contributed by atoms with Gasteiger partial charge in [-0.3, -0.25) is 4.90 Å². The lowest BCUT2D eigenvalue weighted by Crippen LogP contribution is -2.38. The first kappa shape index (κ1) is 13.8. The van der Waals surface area contributed by atoms with E-state index in [4.69, 9.17) is 0 Å². The molecular formula is C12H16F3NO. The van der Waals surface area contributed by atoms with Gasteiger partial charge in [0, 0.05) is 12.6 Å². The number of nitrogens with zero attached hydrogens (tertiary/aromatic N) is 1. The highest BCUT2D eigenvalue weighted by Crippen LogP contribution is 2.21. The summed E-state index contributed by atoms with van der Waals surface area (Å²) in [6, 6.07) is 6.08. The van der Waals surface area contributed by atoms with E-state index in [-0.39, 0.29) is 18.3 Å². The fourth-order valence-electron chi connectivity index (χ4n) is 1.54. The molecule has 1 aromatic rings. The van der Waals surface area contributed by atoms with Gasteiger partial charge in [0.25, 0.3) is 0 Å². The number of hydrogen-bond donors (Lipinski definition) is 1. The minimum absolute atomic E-state index is 0.0678. The van der Waals surface area contributed by atoms with Crippen LogP contribution in [-0.4, -0.2) is 28.8 Å². The minimum Gasteiger partial charge on any atom is -0.508 e. The number of benzene rings is 1. The zero-order valence-corrected chi connectivity index (χ0v) is 9.83. The number of phenolic OH excluding ortho intramolecular Hbond substituents is 1. The van der Waals surface area contributed by atoms with Crippen molar-refractivity contribution >= 4 is 0 Å². The maximum atomic E-state index is 12.4. The molecule has 0 heterocycles. The molecule has 0 fully saturated rings. The van der Waals surface area contributed by atoms with Gasteiger partial charge in [0.05, 0.1) is 6.54 Å². The van der Waals surface area contributed by atoms with Gasteiger partial charge in [-0.2, -0.15) is 13.2 Å². The Labute approximate surface area is 98.7 Å². The summed E-state index contributed by atoms with van der Waals surface area (Å²) in [7, 11) is 0. The molecule has 0 radical (unpaired) electrons. The molecule has 0 amide bonds. The van der Waals surface area contributed by atoms with Crippen molar-refractivity contribution < 1.29 is 18.3 Å². The first-order valence-corrected chi connectivity index (χ1v) is 5.36. The second kappa shape index (κ2) is 5.40. The van der Waals surface area contributed by atoms with Crippen LogP contribution >= 0.6 is 0 Å². The van der Waals surface area contributed by atoms with Gasteiger partial charge in [-0.05, 0) is 31.5 Å². The van der Waals surface area contributed by atoms with E-state index in [0.717, 1.165) is 0 Å². The van der Waals surface area contributed by atoms with Crippen LogP contribution in [0.5, 0.6) is 5.75 Å². The molecule has 96 valence electrons. The van der Waals surface area contributed by atoms with Gasteiger partial charge >= 0.3 is 6.18 Å². The van der Waals surface area contributed by atoms with Crippen LogP contribution in [0.4, 0.5) is 13.2 Å². The van der Waals surface area contributed by atoms with Gasteiger partial charge in [-0.15, -0.1) is 0 Å². The molecule has 0 saturated heterocycles. The lowest BCUT2D eigenvalue weighted by Gasteiger charge is -2.27. The first-order valence-electron chi connectivity index (χ1n) is 5.36. The Kier molecular flexibility index (Phi) is 4.40. The molecule has 0 aliphatic heterocycles. The summed E-state index contributed by atoms with van der Waals surface area (Å²) in [5.41, 5.74) is 0.669. The highest BCUT2D eigenvalue weighted by molar-refractivity contribution is 5.27. The summed E-state index contributed by atoms with van der Waals surface area (Å²) < 4.78 is 37.1. The third kappa shape index (κ3) is 5.08. The quantitative estimate of drug-likeness (QED) is 0.883. The van der Waals surface area contributed by atoms with E-state index in [1.807, 2.05) is 0 Å². The van der Waals surface area contributed by atoms with E-state index in [9.17, 15) is 18.3 Å². The van der Waals surface area contributed by atoms with E-state index in [1.54, 1.807) is 26.0 Å². The Balaban J connectivity index is 2.74. The summed E-state index contributed by atoms with van der Waals surface area (Å²) in [6.45, 7) is 2.66. The number of aromatic hydroxyl groups is 1. The molecule has 0 aliphatic rings. The molecule has 0 spiro atoms. The Morgan fingerprint density at radius 2 is 1.94 bits per heavy atom. The fourth-order valence-corrected chi connectivity index (χ4v) is 1.54. The highest BCUT2D eigenvalue weighted by Gasteiger charge is 2.31. The van der Waals surface area contributed by atoms with Gasteiger partial charge in [0.15, 0.2) is 0 Å². The van der Waals surface area contributed by atoms with E-state index >= 15 is 0 Å². The number of alkyl halides is 3. The molecule has 0 aliphatic carbocycles. The second-order valence-electron chi connectivity index (χ2n) is 4.28. The average molecular weight is 247 g/mol. The predicted octanol–water partition coefficient (Wildman–Crippen LogP) is 3.16. The fraction of sp³-hybridized carbons (Fsp3) is 0.500. The largest absolute Gasteiger partial charge is 0.508 e. The molecular weight excluding hydrogens is 231 g/mol. The van der Waals surface area contributed by atoms with Crippen molar-refractivity contribution in [1.82, 2.24) is 4.90 Å². The van der Waals surface area contributed by atoms with Crippen molar-refractivity contribution in [2.24, 2.45) is 0 Å². The Bertz CT molecular complexity index is 363. The van der Waals surface area contributed by atoms with E-state index in [0.29, 0.717) is 5.56 Å². The van der Waals surface area contributed by atoms with Crippen molar-refractivity contribution in [3.05, 3.63) is 29.8 Å². The van der Waals surface area contributed by atoms with E-state index in [2.05, 4.69) is 0 Å². The third-order valence-electron chi connectivity index (χ3n) is 2.41. The van der Waals surface area contributed by atoms with Crippen LogP contribution in [0.1, 0.15) is 19.4 Å². The molecule has 1 rings (SSSR count). The van der Waals surface area contributed by atoms with Crippen LogP contribution in [-0.2, 0) is 6.54 Å². The van der Waals surface area contributed by atoms with Crippen LogP contribution in [0.3, 0.4) is 0 Å². The van der Waals surface area contributed by atoms with Gasteiger partial charge in [-0.1, -0.05) is 12.1 Å². The van der Waals surface area contributed by atoms with Gasteiger partial charge < -0.3 is 5.11 Å². The van der Waals surface area contributed by atoms with E-state index < -0.39 is 12.7 Å². The van der Waals surface area contributed by atoms with Crippen LogP contribution in [0.25, 0.3) is 0 Å². The zero-order valence-electron chi connectivity index (χ0n) is 9.83. The van der Waals surface area contributed by atoms with Crippen LogP contribution < -0.4 is 0 Å². The predicted molar refractivity (Wildman–Crippen MR) is 59.7 cm³/mol. The molecule has 17 heavy (non-hydrogen) atoms. The SMILES string of the molecule is CC(C)N(Cc1cccc(O)c1)CC(F)(F)F. The maximum absolute atomic E-state index is 12.4. The van der Waals surface area contributed by atoms with Crippen molar-refractivity contribution in [3.8, 4) is 5.75 Å². The second-order valence-corrected chi connectivity index (χ2v) is 4.28. The standard InChI is InChI=1S/C12H16F3NO/c1-9(2)16(8-12(13,14)15)7-10-4-3-5-11(17)6-10/h3-6,9,17H,7-8H2,1-2H3. The van der Waals surface area contributed by atoms with Crippen LogP contribution in [0.2, 0.25) is 0 Å². The normalized spacial score (nSPS) is 12.4. The molecule has 0 bridgehead atoms. The average Bonchev–Trinajstić information content (AvgIpc) is 2.14. The van der Waals surface area contributed by atoms with Crippen molar-refractivity contribution in [2.45, 2.75) is 32.6 Å². The smallest absolute Gasteiger partial charge is 0.401 e. The molecule has 0 unspecified atom stereocenters. The molecule has 1 N–H and O–H groups in total. The summed E-state index contributed by atoms with van der Waals surface area (Å²) >= 11 is 0. The number of phenols is 1. The van der Waals surface area contributed by atoms with Crippen molar-refractivity contribution in [1.29, 1.82) is 0 Å². The Morgan fingerprint density at radius 3 is 2.41 bits per heavy atom. The monoisotopic (exact) mass is 247 g/mol. The molecule has 2 nitrogen and oxygen atoms in total. The summed E-state index contributed by atoms with van der Waals surface area (Å²) in [6.07, 6.45) is -4.21. The molecule has 1 aromatic carbocycles. The number of hydrogen-bond acceptors (Lipinski definition) is 2. The topological polar surface area (TPSA) is 23.5 Å². The Morgan fingerprint density at radius 1 is 1.29 bits per heavy atom. The minimum atomic E-state index is -4.21. The molecule has 0 aromatic heterocycles. The highest BCUT2D eigenvalue weighted by atomic mass is 19.4. The lowest BCUT2D eigenvalue weighted by atomic mass is 10.2. The van der Waals surface area contributed by atoms with Crippen molar-refractivity contribution in [3.63, 3.8) is 0 Å². The van der Waals surface area contributed by atoms with E-state index in [1.165, 1.54) is 17.0 Å². The van der Waals surface area contributed by atoms with Gasteiger partial charge in [0.1, 0.15) is 5.75 Å². The number of rotatable bonds is 4. The summed E-state index contributed by atoms with van der Waals surface area (Å²) in [5.74, 6) is 0.0678. The van der Waals surface area contributed by atoms with Crippen LogP contribution in [0.15, 0.2) is 24.3 Å². The zero-order chi connectivity index (χ0) is 13.1. The first-order chi connectivity index (χ1) is 7.78. The molecule has 0 atom stereocenters. The summed E-state index contributed by atoms with van der Waals surface area (Å²) in [5, 5.41) is 9.26. The maximum Gasteiger partial charge on any atom is 0.401 e. The van der Waals surface area contributed by atoms with Gasteiger partial charge in [-0.25, -0.2) is 0 Å². The van der Waals surface area contributed by atoms with Crippen LogP contribution in [0, 0.1) is 0 Å². The lowest BCUT2D eigenvalue weighted by molar-refractivity contribution is -0.150. The van der Waals surface area contributed by atoms with Gasteiger partial charge in [0.2, 0.25) is 0 Å². The third-order valence-corrected chi connectivity index (χ3v) is 2.41. The summed E-state index contributed by atoms with van der Waals surface area (Å²) in [4.78, 5) is 1.31. The number of halogens is 3.